The van der Waals surface area contributed by atoms with Crippen molar-refractivity contribution in [2.75, 3.05) is 46.2 Å². The second-order valence-corrected chi connectivity index (χ2v) is 35.9. The number of ether oxygens (including phenoxy) is 10. The van der Waals surface area contributed by atoms with E-state index in [9.17, 15) is 61.1 Å². The van der Waals surface area contributed by atoms with E-state index in [1.54, 1.807) is 118 Å². The van der Waals surface area contributed by atoms with Crippen molar-refractivity contribution in [1.29, 1.82) is 0 Å². The van der Waals surface area contributed by atoms with Gasteiger partial charge in [-0.1, -0.05) is 217 Å². The highest BCUT2D eigenvalue weighted by Crippen LogP contribution is 2.38. The van der Waals surface area contributed by atoms with E-state index < -0.39 is 47.6 Å². The summed E-state index contributed by atoms with van der Waals surface area (Å²) in [5.74, 6) is -4.30. The van der Waals surface area contributed by atoms with Gasteiger partial charge in [0.2, 0.25) is 0 Å². The summed E-state index contributed by atoms with van der Waals surface area (Å²) < 4.78 is 96.1. The Morgan fingerprint density at radius 1 is 0.177 bits per heavy atom. The van der Waals surface area contributed by atoms with Crippen LogP contribution < -0.4 is 14.2 Å². The molecule has 0 spiro atoms. The first-order chi connectivity index (χ1) is 70.0. The minimum atomic E-state index is -0.553. The van der Waals surface area contributed by atoms with E-state index >= 15 is 0 Å². The Bertz CT molecular complexity index is 7810. The number of halogens is 3. The van der Waals surface area contributed by atoms with E-state index in [0.29, 0.717) is 142 Å². The quantitative estimate of drug-likeness (QED) is 0.0119. The minimum Gasteiger partial charge on any atom is -0.462 e. The van der Waals surface area contributed by atoms with Gasteiger partial charge in [0, 0.05) is 117 Å². The lowest BCUT2D eigenvalue weighted by Crippen LogP contribution is -2.08. The number of rotatable bonds is 34. The van der Waals surface area contributed by atoms with E-state index in [0.717, 1.165) is 114 Å². The summed E-state index contributed by atoms with van der Waals surface area (Å²) in [6.45, 7) is 53.5. The Kier molecular flexibility index (Phi) is 38.3. The summed E-state index contributed by atoms with van der Waals surface area (Å²) in [4.78, 5) is 115. The van der Waals surface area contributed by atoms with Crippen molar-refractivity contribution in [3.63, 3.8) is 0 Å². The van der Waals surface area contributed by atoms with Gasteiger partial charge in [-0.05, 0) is 273 Å². The molecule has 0 fully saturated rings. The second kappa shape index (κ2) is 51.1. The van der Waals surface area contributed by atoms with Crippen LogP contribution in [0.5, 0.6) is 17.2 Å². The van der Waals surface area contributed by atoms with Gasteiger partial charge in [0.25, 0.3) is 0 Å². The van der Waals surface area contributed by atoms with E-state index in [2.05, 4.69) is 126 Å². The first-order valence-electron chi connectivity index (χ1n) is 47.2. The smallest absolute Gasteiger partial charge is 0.338 e. The van der Waals surface area contributed by atoms with Gasteiger partial charge in [-0.2, -0.15) is 0 Å². The van der Waals surface area contributed by atoms with Gasteiger partial charge in [0.1, 0.15) is 34.7 Å². The van der Waals surface area contributed by atoms with Crippen molar-refractivity contribution in [2.24, 2.45) is 0 Å². The van der Waals surface area contributed by atoms with Crippen molar-refractivity contribution < 1.29 is 108 Å². The molecule has 0 aliphatic heterocycles. The summed E-state index contributed by atoms with van der Waals surface area (Å²) in [5, 5.41) is 17.4. The molecule has 0 saturated carbocycles. The van der Waals surface area contributed by atoms with Gasteiger partial charge < -0.3 is 47.4 Å². The molecular formula is C124H115F3O20. The molecule has 0 saturated heterocycles. The Morgan fingerprint density at radius 2 is 0.340 bits per heavy atom. The van der Waals surface area contributed by atoms with Gasteiger partial charge in [0.05, 0.1) is 46.2 Å². The highest BCUT2D eigenvalue weighted by atomic mass is 19.1. The van der Waals surface area contributed by atoms with Gasteiger partial charge in [0.15, 0.2) is 0 Å². The third-order valence-corrected chi connectivity index (χ3v) is 23.2. The van der Waals surface area contributed by atoms with Crippen LogP contribution in [0.4, 0.5) is 13.2 Å². The molecule has 0 heterocycles. The number of esters is 10. The van der Waals surface area contributed by atoms with Crippen molar-refractivity contribution in [2.45, 2.75) is 114 Å². The lowest BCUT2D eigenvalue weighted by Gasteiger charge is -2.10. The maximum Gasteiger partial charge on any atom is 0.338 e. The van der Waals surface area contributed by atoms with E-state index in [4.69, 9.17) is 47.4 Å². The van der Waals surface area contributed by atoms with E-state index in [1.165, 1.54) is 35.0 Å². The summed E-state index contributed by atoms with van der Waals surface area (Å²) >= 11 is 0. The molecule has 0 aliphatic carbocycles. The third-order valence-electron chi connectivity index (χ3n) is 23.2. The van der Waals surface area contributed by atoms with Crippen LogP contribution in [0.3, 0.4) is 0 Å². The van der Waals surface area contributed by atoms with Crippen LogP contribution in [-0.4, -0.2) is 106 Å². The molecule has 0 N–H and O–H groups in total. The normalized spacial score (nSPS) is 10.7. The fourth-order valence-electron chi connectivity index (χ4n) is 15.3. The van der Waals surface area contributed by atoms with Gasteiger partial charge in [-0.25, -0.2) is 61.1 Å². The van der Waals surface area contributed by atoms with Crippen molar-refractivity contribution >= 4 is 167 Å². The zero-order valence-corrected chi connectivity index (χ0v) is 84.1. The second-order valence-electron chi connectivity index (χ2n) is 35.9. The predicted octanol–water partition coefficient (Wildman–Crippen LogP) is 26.5. The number of benzene rings is 15. The molecule has 752 valence electrons. The molecular weight excluding hydrogens is 1870 g/mol. The number of carbonyl (C=O) groups is 10. The highest BCUT2D eigenvalue weighted by molar-refractivity contribution is 6.13. The predicted molar refractivity (Wildman–Crippen MR) is 575 cm³/mol. The van der Waals surface area contributed by atoms with Crippen molar-refractivity contribution in [3.8, 4) is 17.2 Å². The Balaban J connectivity index is 0.000000175. The lowest BCUT2D eigenvalue weighted by molar-refractivity contribution is -0.139. The Morgan fingerprint density at radius 3 is 0.571 bits per heavy atom. The SMILES string of the molecule is C=C(C)C(=O)OCCc1ccc2c(c1)c(F)cc1cc(OC(=O)C(=C)C)ccc12.C=C(C)C(=O)OCCc1ccc2c(c1)cc(F)c1cc(CCOC(=O)C(=C)C)ccc12.C=C(C)C(=O)OCCc1ccc2c(c1)cc(F)c1cc(OC(=O)C(=C)C)ccc12.C=C(C)C(=O)OCCc1ccc2c(ccc3cc(CCOC(=O)C(=C)C)ccc32)c1.C=C(C)C(=O)OCCc1ccc2c(ccc3cc(OC(=O)C(=C)C)ccc32)c1. The van der Waals surface area contributed by atoms with E-state index in [1.807, 2.05) is 91.0 Å². The maximum absolute atomic E-state index is 14.9. The lowest BCUT2D eigenvalue weighted by atomic mass is 9.97. The highest BCUT2D eigenvalue weighted by Gasteiger charge is 2.20. The molecule has 0 aliphatic rings. The molecule has 147 heavy (non-hydrogen) atoms. The van der Waals surface area contributed by atoms with Crippen LogP contribution in [0.1, 0.15) is 108 Å². The first-order valence-corrected chi connectivity index (χ1v) is 47.2. The van der Waals surface area contributed by atoms with Crippen LogP contribution >= 0.6 is 0 Å². The van der Waals surface area contributed by atoms with Crippen LogP contribution in [0.25, 0.3) is 108 Å². The number of carbonyl (C=O) groups excluding carboxylic acids is 10. The van der Waals surface area contributed by atoms with Crippen LogP contribution in [-0.2, 0) is 126 Å². The zero-order valence-electron chi connectivity index (χ0n) is 84.1. The monoisotopic (exact) mass is 1980 g/mol. The van der Waals surface area contributed by atoms with Crippen molar-refractivity contribution in [1.82, 2.24) is 0 Å². The fraction of sp³-hybridized carbons (Fsp3) is 0.194. The van der Waals surface area contributed by atoms with Crippen LogP contribution in [0.15, 0.2) is 346 Å². The average Bonchev–Trinajstić information content (AvgIpc) is 0.781. The Hall–Kier alpha value is -17.2. The van der Waals surface area contributed by atoms with Gasteiger partial charge in [-0.15, -0.1) is 0 Å². The number of hydrogen-bond donors (Lipinski definition) is 0. The summed E-state index contributed by atoms with van der Waals surface area (Å²) in [6.07, 6.45) is 3.99. The molecule has 0 aromatic heterocycles. The van der Waals surface area contributed by atoms with E-state index in [-0.39, 0.29) is 72.9 Å². The topological polar surface area (TPSA) is 263 Å². The standard InChI is InChI=1S/C26H25FO4.C26H26O4.2C24H21FO4.C24H22O4/c1-16(2)25(28)30-11-9-18-5-7-21-20(13-18)15-24(27)23-14-19(6-8-22(21)23)10-12-31-26(29)17(3)4;1-17(2)25(27)29-13-11-19-5-9-23-21(15-19)7-8-22-16-20(6-10-24(22)23)12-14-30-26(28)18(3)4;1-14(2)23(26)28-10-9-16-5-7-20-19-8-6-18(29-24(27)15(3)4)12-17(19)13-22(25)21(20)11-16;1-14(2)23(26)28-10-9-16-5-7-19-17(11-16)12-22(25)21-13-18(6-8-20(19)21)29-24(27)15(3)4;1-15(2)23(25)27-12-11-17-5-9-21-18(13-17)6-7-19-14-20(8-10-22(19)21)28-24(26)16(3)4/h5-8,13-15H,1,3,9-12H2,2,4H3;5-10,15-16H,1,3,11-14H2,2,4H3;2*5-8,11-13H,1,3,9-10H2,2,4H3;5-10,13-14H,1,3,11-12H2,2,4H3. The molecule has 0 bridgehead atoms. The molecule has 23 heteroatoms. The van der Waals surface area contributed by atoms with Crippen LogP contribution in [0.2, 0.25) is 0 Å². The first kappa shape index (κ1) is 110. The molecule has 20 nitrogen and oxygen atoms in total. The molecule has 0 amide bonds. The minimum absolute atomic E-state index is 0.198. The molecule has 0 unspecified atom stereocenters. The third kappa shape index (κ3) is 30.4. The molecule has 0 atom stereocenters. The molecule has 15 aromatic carbocycles. The molecule has 0 radical (unpaired) electrons. The van der Waals surface area contributed by atoms with Crippen molar-refractivity contribution in [3.05, 3.63) is 402 Å². The fourth-order valence-corrected chi connectivity index (χ4v) is 15.3. The maximum atomic E-state index is 14.9. The Labute approximate surface area is 851 Å². The summed E-state index contributed by atoms with van der Waals surface area (Å²) in [7, 11) is 0. The molecule has 15 aromatic rings. The number of hydrogen-bond acceptors (Lipinski definition) is 20. The summed E-state index contributed by atoms with van der Waals surface area (Å²) in [6, 6.07) is 69.6. The molecule has 15 rings (SSSR count). The average molecular weight is 1980 g/mol. The largest absolute Gasteiger partial charge is 0.462 e. The van der Waals surface area contributed by atoms with Gasteiger partial charge >= 0.3 is 59.7 Å². The number of fused-ring (bicyclic) bond motifs is 15. The van der Waals surface area contributed by atoms with Gasteiger partial charge in [-0.3, -0.25) is 0 Å². The summed E-state index contributed by atoms with van der Waals surface area (Å²) in [5.41, 5.74) is 10.5. The zero-order chi connectivity index (χ0) is 107. The van der Waals surface area contributed by atoms with Crippen LogP contribution in [0, 0.1) is 17.5 Å².